The number of ether oxygens (including phenoxy) is 1. The zero-order chi connectivity index (χ0) is 19.1. The summed E-state index contributed by atoms with van der Waals surface area (Å²) in [6.45, 7) is 8.85. The van der Waals surface area contributed by atoms with Gasteiger partial charge >= 0.3 is 0 Å². The van der Waals surface area contributed by atoms with Gasteiger partial charge in [-0.25, -0.2) is 0 Å². The van der Waals surface area contributed by atoms with E-state index in [1.54, 1.807) is 0 Å². The van der Waals surface area contributed by atoms with Crippen molar-refractivity contribution in [3.8, 4) is 0 Å². The molecule has 0 spiro atoms. The molecule has 0 rings (SSSR count). The fourth-order valence-electron chi connectivity index (χ4n) is 3.14. The van der Waals surface area contributed by atoms with E-state index in [2.05, 4.69) is 27.7 Å². The molecule has 1 atom stereocenters. The Labute approximate surface area is 156 Å². The average molecular weight is 361 g/mol. The summed E-state index contributed by atoms with van der Waals surface area (Å²) in [6.07, 6.45) is 9.66. The smallest absolute Gasteiger partial charge is 0.0697 e. The number of rotatable bonds is 17. The van der Waals surface area contributed by atoms with Gasteiger partial charge in [0.25, 0.3) is 0 Å². The predicted octanol–water partition coefficient (Wildman–Crippen LogP) is 4.16. The molecule has 4 nitrogen and oxygen atoms in total. The second-order valence-electron chi connectivity index (χ2n) is 8.47. The third-order valence-electron chi connectivity index (χ3n) is 5.12. The first kappa shape index (κ1) is 24.8. The van der Waals surface area contributed by atoms with Crippen LogP contribution in [0.5, 0.6) is 0 Å². The van der Waals surface area contributed by atoms with Crippen LogP contribution in [0.4, 0.5) is 0 Å². The van der Waals surface area contributed by atoms with Crippen LogP contribution in [0.3, 0.4) is 0 Å². The summed E-state index contributed by atoms with van der Waals surface area (Å²) in [5.41, 5.74) is -0.935. The molecule has 0 fully saturated rings. The summed E-state index contributed by atoms with van der Waals surface area (Å²) in [4.78, 5) is 0. The van der Waals surface area contributed by atoms with Crippen molar-refractivity contribution >= 4 is 0 Å². The minimum atomic E-state index is -0.935. The highest BCUT2D eigenvalue weighted by Crippen LogP contribution is 2.28. The molecule has 0 aromatic carbocycles. The molecule has 0 saturated carbocycles. The highest BCUT2D eigenvalue weighted by Gasteiger charge is 2.38. The fourth-order valence-corrected chi connectivity index (χ4v) is 3.14. The molecule has 0 heterocycles. The van der Waals surface area contributed by atoms with E-state index in [0.717, 1.165) is 43.9 Å². The summed E-state index contributed by atoms with van der Waals surface area (Å²) in [5.74, 6) is 1.47. The number of hydrogen-bond acceptors (Lipinski definition) is 4. The quantitative estimate of drug-likeness (QED) is 0.341. The van der Waals surface area contributed by atoms with Gasteiger partial charge in [-0.1, -0.05) is 72.6 Å². The van der Waals surface area contributed by atoms with Gasteiger partial charge in [0.05, 0.1) is 31.3 Å². The Hall–Kier alpha value is -0.160. The van der Waals surface area contributed by atoms with Gasteiger partial charge in [0.2, 0.25) is 0 Å². The molecule has 1 unspecified atom stereocenters. The normalized spacial score (nSPS) is 13.8. The SMILES string of the molecule is CC(C)CCCCCOC(CCCCCC(C)C)C(CO)(CO)CO. The van der Waals surface area contributed by atoms with Crippen LogP contribution in [-0.2, 0) is 4.74 Å². The third-order valence-corrected chi connectivity index (χ3v) is 5.12. The van der Waals surface area contributed by atoms with Gasteiger partial charge < -0.3 is 20.1 Å². The lowest BCUT2D eigenvalue weighted by molar-refractivity contribution is -0.117. The lowest BCUT2D eigenvalue weighted by Gasteiger charge is -2.36. The minimum Gasteiger partial charge on any atom is -0.396 e. The molecule has 25 heavy (non-hydrogen) atoms. The lowest BCUT2D eigenvalue weighted by Crippen LogP contribution is -2.46. The van der Waals surface area contributed by atoms with Crippen LogP contribution in [0.2, 0.25) is 0 Å². The molecule has 0 aromatic rings. The van der Waals surface area contributed by atoms with Crippen LogP contribution in [0.25, 0.3) is 0 Å². The molecule has 0 amide bonds. The standard InChI is InChI=1S/C21H44O4/c1-18(2)11-7-5-9-13-20(21(15-22,16-23)17-24)25-14-10-6-8-12-19(3)4/h18-20,22-24H,5-17H2,1-4H3. The Kier molecular flexibility index (Phi) is 14.9. The van der Waals surface area contributed by atoms with Gasteiger partial charge in [0, 0.05) is 6.61 Å². The van der Waals surface area contributed by atoms with E-state index < -0.39 is 5.41 Å². The van der Waals surface area contributed by atoms with E-state index in [9.17, 15) is 15.3 Å². The van der Waals surface area contributed by atoms with Crippen LogP contribution in [0.1, 0.15) is 85.5 Å². The van der Waals surface area contributed by atoms with Gasteiger partial charge in [0.15, 0.2) is 0 Å². The number of aliphatic hydroxyl groups is 3. The summed E-state index contributed by atoms with van der Waals surface area (Å²) in [6, 6.07) is 0. The lowest BCUT2D eigenvalue weighted by atomic mass is 9.81. The first-order valence-corrected chi connectivity index (χ1v) is 10.4. The second kappa shape index (κ2) is 15.0. The van der Waals surface area contributed by atoms with Crippen molar-refractivity contribution in [1.29, 1.82) is 0 Å². The average Bonchev–Trinajstić information content (AvgIpc) is 2.58. The summed E-state index contributed by atoms with van der Waals surface area (Å²) < 4.78 is 6.04. The van der Waals surface area contributed by atoms with Crippen molar-refractivity contribution in [2.75, 3.05) is 26.4 Å². The molecule has 0 aromatic heterocycles. The predicted molar refractivity (Wildman–Crippen MR) is 105 cm³/mol. The fraction of sp³-hybridized carbons (Fsp3) is 1.00. The Morgan fingerprint density at radius 1 is 0.640 bits per heavy atom. The molecular weight excluding hydrogens is 316 g/mol. The zero-order valence-corrected chi connectivity index (χ0v) is 17.2. The second-order valence-corrected chi connectivity index (χ2v) is 8.47. The maximum absolute atomic E-state index is 9.72. The van der Waals surface area contributed by atoms with E-state index in [4.69, 9.17) is 4.74 Å². The number of unbranched alkanes of at least 4 members (excludes halogenated alkanes) is 4. The van der Waals surface area contributed by atoms with Gasteiger partial charge in [-0.2, -0.15) is 0 Å². The topological polar surface area (TPSA) is 69.9 Å². The number of hydrogen-bond donors (Lipinski definition) is 3. The molecule has 0 aliphatic rings. The molecule has 3 N–H and O–H groups in total. The summed E-state index contributed by atoms with van der Waals surface area (Å²) in [5, 5.41) is 29.2. The maximum Gasteiger partial charge on any atom is 0.0697 e. The van der Waals surface area contributed by atoms with Gasteiger partial charge in [-0.05, 0) is 24.7 Å². The Bertz CT molecular complexity index is 279. The minimum absolute atomic E-state index is 0.246. The van der Waals surface area contributed by atoms with Crippen molar-refractivity contribution in [2.24, 2.45) is 17.3 Å². The molecule has 0 aliphatic heterocycles. The van der Waals surface area contributed by atoms with E-state index in [1.165, 1.54) is 25.7 Å². The molecule has 0 radical (unpaired) electrons. The van der Waals surface area contributed by atoms with Crippen molar-refractivity contribution in [3.05, 3.63) is 0 Å². The van der Waals surface area contributed by atoms with Crippen LogP contribution in [-0.4, -0.2) is 47.9 Å². The molecule has 4 heteroatoms. The monoisotopic (exact) mass is 360 g/mol. The molecule has 152 valence electrons. The van der Waals surface area contributed by atoms with Crippen molar-refractivity contribution in [2.45, 2.75) is 91.6 Å². The van der Waals surface area contributed by atoms with Crippen LogP contribution in [0, 0.1) is 17.3 Å². The first-order chi connectivity index (χ1) is 11.9. The Morgan fingerprint density at radius 3 is 1.52 bits per heavy atom. The van der Waals surface area contributed by atoms with Crippen LogP contribution in [0.15, 0.2) is 0 Å². The first-order valence-electron chi connectivity index (χ1n) is 10.4. The van der Waals surface area contributed by atoms with Crippen LogP contribution < -0.4 is 0 Å². The molecule has 0 bridgehead atoms. The highest BCUT2D eigenvalue weighted by molar-refractivity contribution is 4.86. The van der Waals surface area contributed by atoms with E-state index in [1.807, 2.05) is 0 Å². The van der Waals surface area contributed by atoms with E-state index in [-0.39, 0.29) is 25.9 Å². The molecular formula is C21H44O4. The van der Waals surface area contributed by atoms with Crippen LogP contribution >= 0.6 is 0 Å². The van der Waals surface area contributed by atoms with E-state index >= 15 is 0 Å². The number of aliphatic hydroxyl groups excluding tert-OH is 3. The maximum atomic E-state index is 9.72. The largest absolute Gasteiger partial charge is 0.396 e. The van der Waals surface area contributed by atoms with Crippen molar-refractivity contribution in [3.63, 3.8) is 0 Å². The van der Waals surface area contributed by atoms with Crippen molar-refractivity contribution in [1.82, 2.24) is 0 Å². The Balaban J connectivity index is 4.33. The van der Waals surface area contributed by atoms with E-state index in [0.29, 0.717) is 6.61 Å². The summed E-state index contributed by atoms with van der Waals surface area (Å²) >= 11 is 0. The third kappa shape index (κ3) is 11.2. The Morgan fingerprint density at radius 2 is 1.08 bits per heavy atom. The molecule has 0 aliphatic carbocycles. The van der Waals surface area contributed by atoms with Gasteiger partial charge in [-0.3, -0.25) is 0 Å². The van der Waals surface area contributed by atoms with Crippen molar-refractivity contribution < 1.29 is 20.1 Å². The van der Waals surface area contributed by atoms with Gasteiger partial charge in [0.1, 0.15) is 0 Å². The van der Waals surface area contributed by atoms with Gasteiger partial charge in [-0.15, -0.1) is 0 Å². The molecule has 0 saturated heterocycles. The summed E-state index contributed by atoms with van der Waals surface area (Å²) in [7, 11) is 0. The zero-order valence-electron chi connectivity index (χ0n) is 17.2. The highest BCUT2D eigenvalue weighted by atomic mass is 16.5.